The van der Waals surface area contributed by atoms with E-state index in [4.69, 9.17) is 0 Å². The van der Waals surface area contributed by atoms with E-state index in [0.29, 0.717) is 6.04 Å². The van der Waals surface area contributed by atoms with Crippen molar-refractivity contribution < 1.29 is 4.79 Å². The van der Waals surface area contributed by atoms with Crippen LogP contribution in [0, 0.1) is 0 Å². The molecule has 1 aromatic carbocycles. The lowest BCUT2D eigenvalue weighted by Crippen LogP contribution is -2.36. The van der Waals surface area contributed by atoms with E-state index in [9.17, 15) is 4.79 Å². The summed E-state index contributed by atoms with van der Waals surface area (Å²) in [4.78, 5) is 13.1. The van der Waals surface area contributed by atoms with Gasteiger partial charge in [0.05, 0.1) is 0 Å². The Morgan fingerprint density at radius 2 is 1.75 bits per heavy atom. The van der Waals surface area contributed by atoms with Gasteiger partial charge in [0, 0.05) is 21.4 Å². The van der Waals surface area contributed by atoms with Gasteiger partial charge in [-0.25, -0.2) is 4.79 Å². The SMILES string of the molecule is CC(C)(C)Sc1ccc(NC(=O)NC2CCCC2)cc1. The molecule has 0 aromatic heterocycles. The normalized spacial score (nSPS) is 16.1. The van der Waals surface area contributed by atoms with Crippen molar-refractivity contribution in [3.05, 3.63) is 24.3 Å². The van der Waals surface area contributed by atoms with E-state index in [-0.39, 0.29) is 10.8 Å². The Kier molecular flexibility index (Phi) is 4.97. The number of carbonyl (C=O) groups is 1. The van der Waals surface area contributed by atoms with Gasteiger partial charge in [0.1, 0.15) is 0 Å². The van der Waals surface area contributed by atoms with Gasteiger partial charge in [-0.15, -0.1) is 11.8 Å². The predicted molar refractivity (Wildman–Crippen MR) is 86.5 cm³/mol. The van der Waals surface area contributed by atoms with Crippen LogP contribution in [0.15, 0.2) is 29.2 Å². The van der Waals surface area contributed by atoms with Crippen molar-refractivity contribution in [1.82, 2.24) is 5.32 Å². The van der Waals surface area contributed by atoms with Crippen LogP contribution in [-0.4, -0.2) is 16.8 Å². The van der Waals surface area contributed by atoms with Crippen molar-refractivity contribution in [2.75, 3.05) is 5.32 Å². The molecule has 1 saturated carbocycles. The zero-order valence-corrected chi connectivity index (χ0v) is 13.3. The highest BCUT2D eigenvalue weighted by Gasteiger charge is 2.17. The maximum absolute atomic E-state index is 11.9. The van der Waals surface area contributed by atoms with Gasteiger partial charge in [-0.1, -0.05) is 33.6 Å². The largest absolute Gasteiger partial charge is 0.335 e. The predicted octanol–water partition coefficient (Wildman–Crippen LogP) is 4.64. The molecule has 0 aliphatic heterocycles. The average Bonchev–Trinajstić information content (AvgIpc) is 2.82. The van der Waals surface area contributed by atoms with Gasteiger partial charge in [0.2, 0.25) is 0 Å². The highest BCUT2D eigenvalue weighted by atomic mass is 32.2. The standard InChI is InChI=1S/C16H24N2OS/c1-16(2,3)20-14-10-8-13(9-11-14)18-15(19)17-12-6-4-5-7-12/h8-12H,4-7H2,1-3H3,(H2,17,18,19). The lowest BCUT2D eigenvalue weighted by molar-refractivity contribution is 0.248. The van der Waals surface area contributed by atoms with Gasteiger partial charge in [0.25, 0.3) is 0 Å². The quantitative estimate of drug-likeness (QED) is 0.797. The second-order valence-electron chi connectivity index (χ2n) is 6.32. The summed E-state index contributed by atoms with van der Waals surface area (Å²) < 4.78 is 0.203. The van der Waals surface area contributed by atoms with Crippen LogP contribution in [0.1, 0.15) is 46.5 Å². The van der Waals surface area contributed by atoms with Crippen molar-refractivity contribution in [2.24, 2.45) is 0 Å². The van der Waals surface area contributed by atoms with E-state index >= 15 is 0 Å². The summed E-state index contributed by atoms with van der Waals surface area (Å²) in [6.07, 6.45) is 4.66. The van der Waals surface area contributed by atoms with E-state index in [2.05, 4.69) is 43.5 Å². The molecule has 0 spiro atoms. The Balaban J connectivity index is 1.85. The summed E-state index contributed by atoms with van der Waals surface area (Å²) in [5, 5.41) is 5.92. The Labute approximate surface area is 125 Å². The molecule has 0 heterocycles. The first-order valence-corrected chi connectivity index (χ1v) is 8.11. The van der Waals surface area contributed by atoms with E-state index in [0.717, 1.165) is 18.5 Å². The van der Waals surface area contributed by atoms with Crippen LogP contribution >= 0.6 is 11.8 Å². The van der Waals surface area contributed by atoms with Crippen molar-refractivity contribution in [2.45, 2.75) is 62.1 Å². The van der Waals surface area contributed by atoms with E-state index < -0.39 is 0 Å². The van der Waals surface area contributed by atoms with Gasteiger partial charge in [-0.05, 0) is 37.1 Å². The van der Waals surface area contributed by atoms with Crippen molar-refractivity contribution in [3.8, 4) is 0 Å². The third-order valence-corrected chi connectivity index (χ3v) is 4.35. The maximum Gasteiger partial charge on any atom is 0.319 e. The number of hydrogen-bond donors (Lipinski definition) is 2. The third kappa shape index (κ3) is 5.08. The number of rotatable bonds is 3. The molecular weight excluding hydrogens is 268 g/mol. The summed E-state index contributed by atoms with van der Waals surface area (Å²) in [5.41, 5.74) is 0.846. The molecule has 110 valence electrons. The van der Waals surface area contributed by atoms with E-state index in [1.54, 1.807) is 0 Å². The summed E-state index contributed by atoms with van der Waals surface area (Å²) in [5.74, 6) is 0. The molecule has 0 unspecified atom stereocenters. The molecule has 1 fully saturated rings. The monoisotopic (exact) mass is 292 g/mol. The maximum atomic E-state index is 11.9. The molecule has 0 atom stereocenters. The minimum atomic E-state index is -0.0897. The van der Waals surface area contributed by atoms with Crippen LogP contribution in [0.25, 0.3) is 0 Å². The van der Waals surface area contributed by atoms with Crippen LogP contribution in [0.4, 0.5) is 10.5 Å². The average molecular weight is 292 g/mol. The number of carbonyl (C=O) groups excluding carboxylic acids is 1. The lowest BCUT2D eigenvalue weighted by Gasteiger charge is -2.18. The molecule has 0 saturated heterocycles. The number of urea groups is 1. The molecule has 1 aliphatic carbocycles. The van der Waals surface area contributed by atoms with Crippen molar-refractivity contribution in [3.63, 3.8) is 0 Å². The van der Waals surface area contributed by atoms with Crippen LogP contribution in [-0.2, 0) is 0 Å². The molecule has 0 radical (unpaired) electrons. The molecular formula is C16H24N2OS. The number of amides is 2. The molecule has 2 N–H and O–H groups in total. The van der Waals surface area contributed by atoms with Crippen molar-refractivity contribution in [1.29, 1.82) is 0 Å². The van der Waals surface area contributed by atoms with Crippen LogP contribution in [0.2, 0.25) is 0 Å². The molecule has 20 heavy (non-hydrogen) atoms. The summed E-state index contributed by atoms with van der Waals surface area (Å²) >= 11 is 1.83. The minimum absolute atomic E-state index is 0.0897. The Hall–Kier alpha value is -1.16. The highest BCUT2D eigenvalue weighted by Crippen LogP contribution is 2.32. The van der Waals surface area contributed by atoms with Crippen LogP contribution in [0.5, 0.6) is 0 Å². The highest BCUT2D eigenvalue weighted by molar-refractivity contribution is 8.00. The van der Waals surface area contributed by atoms with Gasteiger partial charge in [-0.3, -0.25) is 0 Å². The van der Waals surface area contributed by atoms with E-state index in [1.807, 2.05) is 23.9 Å². The Morgan fingerprint density at radius 3 is 2.30 bits per heavy atom. The van der Waals surface area contributed by atoms with Crippen molar-refractivity contribution >= 4 is 23.5 Å². The molecule has 4 heteroatoms. The smallest absolute Gasteiger partial charge is 0.319 e. The second kappa shape index (κ2) is 6.53. The Bertz CT molecular complexity index is 445. The zero-order valence-electron chi connectivity index (χ0n) is 12.5. The fraction of sp³-hybridized carbons (Fsp3) is 0.562. The zero-order chi connectivity index (χ0) is 14.6. The lowest BCUT2D eigenvalue weighted by atomic mass is 10.2. The van der Waals surface area contributed by atoms with Gasteiger partial charge < -0.3 is 10.6 Å². The first-order valence-electron chi connectivity index (χ1n) is 7.29. The fourth-order valence-electron chi connectivity index (χ4n) is 2.38. The first kappa shape index (κ1) is 15.2. The fourth-order valence-corrected chi connectivity index (χ4v) is 3.36. The van der Waals surface area contributed by atoms with Crippen LogP contribution in [0.3, 0.4) is 0 Å². The molecule has 2 rings (SSSR count). The number of hydrogen-bond acceptors (Lipinski definition) is 2. The summed E-state index contributed by atoms with van der Waals surface area (Å²) in [7, 11) is 0. The first-order chi connectivity index (χ1) is 9.42. The number of nitrogens with one attached hydrogen (secondary N) is 2. The minimum Gasteiger partial charge on any atom is -0.335 e. The Morgan fingerprint density at radius 1 is 1.15 bits per heavy atom. The topological polar surface area (TPSA) is 41.1 Å². The number of benzene rings is 1. The molecule has 0 bridgehead atoms. The summed E-state index contributed by atoms with van der Waals surface area (Å²) in [6, 6.07) is 8.30. The molecule has 1 aromatic rings. The molecule has 2 amide bonds. The van der Waals surface area contributed by atoms with Gasteiger partial charge in [0.15, 0.2) is 0 Å². The molecule has 1 aliphatic rings. The second-order valence-corrected chi connectivity index (χ2v) is 8.22. The number of thioether (sulfide) groups is 1. The number of anilines is 1. The van der Waals surface area contributed by atoms with E-state index in [1.165, 1.54) is 17.7 Å². The molecule has 3 nitrogen and oxygen atoms in total. The third-order valence-electron chi connectivity index (χ3n) is 3.23. The van der Waals surface area contributed by atoms with Gasteiger partial charge in [-0.2, -0.15) is 0 Å². The van der Waals surface area contributed by atoms with Crippen LogP contribution < -0.4 is 10.6 Å². The summed E-state index contributed by atoms with van der Waals surface area (Å²) in [6.45, 7) is 6.58. The van der Waals surface area contributed by atoms with Gasteiger partial charge >= 0.3 is 6.03 Å².